The van der Waals surface area contributed by atoms with Gasteiger partial charge < -0.3 is 4.90 Å². The van der Waals surface area contributed by atoms with Crippen LogP contribution in [0, 0.1) is 5.92 Å². The highest BCUT2D eigenvalue weighted by molar-refractivity contribution is 7.92. The fourth-order valence-electron chi connectivity index (χ4n) is 4.04. The van der Waals surface area contributed by atoms with Crippen LogP contribution in [0.5, 0.6) is 0 Å². The lowest BCUT2D eigenvalue weighted by Crippen LogP contribution is -2.47. The molecule has 13 heteroatoms. The van der Waals surface area contributed by atoms with Crippen molar-refractivity contribution in [3.63, 3.8) is 0 Å². The number of halogens is 7. The third-order valence-corrected chi connectivity index (χ3v) is 9.18. The molecule has 0 radical (unpaired) electrons. The summed E-state index contributed by atoms with van der Waals surface area (Å²) < 4.78 is 103. The molecule has 1 aromatic heterocycles. The van der Waals surface area contributed by atoms with Gasteiger partial charge >= 0.3 is 12.4 Å². The van der Waals surface area contributed by atoms with Crippen molar-refractivity contribution in [3.8, 4) is 0 Å². The van der Waals surface area contributed by atoms with Gasteiger partial charge in [0.05, 0.1) is 25.8 Å². The third kappa shape index (κ3) is 5.42. The van der Waals surface area contributed by atoms with Gasteiger partial charge in [-0.15, -0.1) is 0 Å². The number of carbonyl (C=O) groups is 1. The van der Waals surface area contributed by atoms with Crippen molar-refractivity contribution >= 4 is 27.3 Å². The van der Waals surface area contributed by atoms with E-state index in [1.54, 1.807) is 0 Å². The van der Waals surface area contributed by atoms with Gasteiger partial charge in [-0.3, -0.25) is 4.79 Å². The van der Waals surface area contributed by atoms with Gasteiger partial charge in [-0.2, -0.15) is 26.3 Å². The van der Waals surface area contributed by atoms with Gasteiger partial charge in [-0.1, -0.05) is 17.7 Å². The molecule has 1 aliphatic rings. The fraction of sp³-hybridized carbons (Fsp3) is 0.455. The standard InChI is InChI=1S/C22H21ClF6N2O3S/c1-20(2,35(33,34)16-5-3-4-14(10-16)21(24,25)26)13-6-8-31(9-7-13)19(32)18-17(23)11-15(12-30-18)22(27,28)29/h3-5,10-13H,6-9H2,1-2H3. The summed E-state index contributed by atoms with van der Waals surface area (Å²) in [6.45, 7) is 3.01. The molecule has 0 atom stereocenters. The number of rotatable bonds is 4. The van der Waals surface area contributed by atoms with E-state index in [9.17, 15) is 39.6 Å². The van der Waals surface area contributed by atoms with Gasteiger partial charge in [0.1, 0.15) is 5.69 Å². The number of piperidine rings is 1. The van der Waals surface area contributed by atoms with E-state index in [1.807, 2.05) is 0 Å². The van der Waals surface area contributed by atoms with Crippen molar-refractivity contribution in [2.24, 2.45) is 5.92 Å². The molecular formula is C22H21ClF6N2O3S. The molecule has 35 heavy (non-hydrogen) atoms. The summed E-state index contributed by atoms with van der Waals surface area (Å²) in [5.41, 5.74) is -2.52. The van der Waals surface area contributed by atoms with Gasteiger partial charge in [0.15, 0.2) is 9.84 Å². The molecule has 2 aromatic rings. The zero-order chi connectivity index (χ0) is 26.4. The molecule has 5 nitrogen and oxygen atoms in total. The predicted molar refractivity (Wildman–Crippen MR) is 116 cm³/mol. The highest BCUT2D eigenvalue weighted by atomic mass is 35.5. The summed E-state index contributed by atoms with van der Waals surface area (Å²) in [7, 11) is -4.18. The van der Waals surface area contributed by atoms with Crippen LogP contribution in [0.2, 0.25) is 5.02 Å². The topological polar surface area (TPSA) is 67.3 Å². The summed E-state index contributed by atoms with van der Waals surface area (Å²) in [5, 5.41) is -0.459. The number of aromatic nitrogens is 1. The first kappa shape index (κ1) is 27.3. The minimum Gasteiger partial charge on any atom is -0.337 e. The summed E-state index contributed by atoms with van der Waals surface area (Å²) in [6, 6.07) is 4.15. The van der Waals surface area contributed by atoms with Crippen molar-refractivity contribution in [3.05, 3.63) is 58.4 Å². The minimum atomic E-state index is -4.70. The van der Waals surface area contributed by atoms with Crippen molar-refractivity contribution in [2.75, 3.05) is 13.1 Å². The van der Waals surface area contributed by atoms with E-state index in [0.717, 1.165) is 18.2 Å². The number of alkyl halides is 6. The molecule has 192 valence electrons. The Balaban J connectivity index is 1.76. The van der Waals surface area contributed by atoms with Crippen molar-refractivity contribution in [1.29, 1.82) is 0 Å². The van der Waals surface area contributed by atoms with E-state index in [2.05, 4.69) is 4.98 Å². The largest absolute Gasteiger partial charge is 0.417 e. The maximum atomic E-state index is 13.3. The predicted octanol–water partition coefficient (Wildman–Crippen LogP) is 5.88. The molecule has 0 unspecified atom stereocenters. The molecule has 1 aromatic carbocycles. The van der Waals surface area contributed by atoms with Crippen molar-refractivity contribution in [2.45, 2.75) is 48.7 Å². The summed E-state index contributed by atoms with van der Waals surface area (Å²) in [4.78, 5) is 17.2. The van der Waals surface area contributed by atoms with Crippen LogP contribution in [0.15, 0.2) is 41.4 Å². The lowest BCUT2D eigenvalue weighted by Gasteiger charge is -2.40. The summed E-state index contributed by atoms with van der Waals surface area (Å²) >= 11 is 5.85. The second-order valence-electron chi connectivity index (χ2n) is 8.75. The number of carbonyl (C=O) groups excluding carboxylic acids is 1. The maximum Gasteiger partial charge on any atom is 0.417 e. The van der Waals surface area contributed by atoms with Crippen LogP contribution < -0.4 is 0 Å². The quantitative estimate of drug-likeness (QED) is 0.453. The molecule has 0 aliphatic carbocycles. The summed E-state index contributed by atoms with van der Waals surface area (Å²) in [6.07, 6.45) is -8.46. The third-order valence-electron chi connectivity index (χ3n) is 6.30. The summed E-state index contributed by atoms with van der Waals surface area (Å²) in [5.74, 6) is -1.19. The van der Waals surface area contributed by atoms with Gasteiger partial charge in [-0.25, -0.2) is 13.4 Å². The van der Waals surface area contributed by atoms with Gasteiger partial charge in [0.2, 0.25) is 0 Å². The van der Waals surface area contributed by atoms with E-state index in [-0.39, 0.29) is 31.6 Å². The highest BCUT2D eigenvalue weighted by Gasteiger charge is 2.45. The zero-order valence-corrected chi connectivity index (χ0v) is 20.1. The van der Waals surface area contributed by atoms with Crippen molar-refractivity contribution in [1.82, 2.24) is 9.88 Å². The average molecular weight is 543 g/mol. The monoisotopic (exact) mass is 542 g/mol. The molecule has 3 rings (SSSR count). The second kappa shape index (κ2) is 9.27. The first-order chi connectivity index (χ1) is 16.0. The van der Waals surface area contributed by atoms with Crippen molar-refractivity contribution < 1.29 is 39.6 Å². The molecule has 0 spiro atoms. The molecule has 1 amide bonds. The Hall–Kier alpha value is -2.34. The number of sulfone groups is 1. The highest BCUT2D eigenvalue weighted by Crippen LogP contribution is 2.40. The van der Waals surface area contributed by atoms with Crippen LogP contribution in [0.25, 0.3) is 0 Å². The number of pyridine rings is 1. The molecule has 1 saturated heterocycles. The smallest absolute Gasteiger partial charge is 0.337 e. The van der Waals surface area contributed by atoms with Gasteiger partial charge in [0.25, 0.3) is 5.91 Å². The Bertz CT molecular complexity index is 1220. The minimum absolute atomic E-state index is 0.0735. The molecule has 1 fully saturated rings. The van der Waals surface area contributed by atoms with Crippen LogP contribution >= 0.6 is 11.6 Å². The van der Waals surface area contributed by atoms with Crippen LogP contribution in [-0.2, 0) is 22.2 Å². The van der Waals surface area contributed by atoms with E-state index in [0.29, 0.717) is 18.3 Å². The van der Waals surface area contributed by atoms with Crippen LogP contribution in [0.4, 0.5) is 26.3 Å². The molecule has 0 N–H and O–H groups in total. The van der Waals surface area contributed by atoms with Gasteiger partial charge in [0, 0.05) is 19.3 Å². The second-order valence-corrected chi connectivity index (χ2v) is 11.7. The zero-order valence-electron chi connectivity index (χ0n) is 18.5. The normalized spacial score (nSPS) is 16.4. The molecule has 2 heterocycles. The number of hydrogen-bond acceptors (Lipinski definition) is 4. The average Bonchev–Trinajstić information content (AvgIpc) is 2.77. The molecule has 1 aliphatic heterocycles. The van der Waals surface area contributed by atoms with E-state index in [1.165, 1.54) is 18.7 Å². The fourth-order valence-corrected chi connectivity index (χ4v) is 6.11. The number of nitrogens with zero attached hydrogens (tertiary/aromatic N) is 2. The van der Waals surface area contributed by atoms with Gasteiger partial charge in [-0.05, 0) is 56.9 Å². The Morgan fingerprint density at radius 1 is 1.00 bits per heavy atom. The van der Waals surface area contributed by atoms with Crippen LogP contribution in [-0.4, -0.2) is 42.0 Å². The van der Waals surface area contributed by atoms with E-state index >= 15 is 0 Å². The van der Waals surface area contributed by atoms with E-state index in [4.69, 9.17) is 11.6 Å². The van der Waals surface area contributed by atoms with Crippen LogP contribution in [0.3, 0.4) is 0 Å². The number of likely N-dealkylation sites (tertiary alicyclic amines) is 1. The Kier molecular flexibility index (Phi) is 7.22. The molecular weight excluding hydrogens is 522 g/mol. The Labute approximate surface area is 203 Å². The SMILES string of the molecule is CC(C)(C1CCN(C(=O)c2ncc(C(F)(F)F)cc2Cl)CC1)S(=O)(=O)c1cccc(C(F)(F)F)c1. The molecule has 0 bridgehead atoms. The number of benzene rings is 1. The lowest BCUT2D eigenvalue weighted by molar-refractivity contribution is -0.138. The Morgan fingerprint density at radius 3 is 2.09 bits per heavy atom. The Morgan fingerprint density at radius 2 is 1.57 bits per heavy atom. The van der Waals surface area contributed by atoms with E-state index < -0.39 is 59.8 Å². The number of amides is 1. The first-order valence-electron chi connectivity index (χ1n) is 10.4. The first-order valence-corrected chi connectivity index (χ1v) is 12.3. The number of hydrogen-bond donors (Lipinski definition) is 0. The molecule has 0 saturated carbocycles. The van der Waals surface area contributed by atoms with Crippen LogP contribution in [0.1, 0.15) is 48.3 Å². The maximum absolute atomic E-state index is 13.3. The lowest BCUT2D eigenvalue weighted by atomic mass is 9.85.